The largest absolute Gasteiger partial charge is 0.456 e. The average molecular weight is 328 g/mol. The molecule has 0 aromatic carbocycles. The van der Waals surface area contributed by atoms with E-state index in [0.29, 0.717) is 35.5 Å². The van der Waals surface area contributed by atoms with Crippen LogP contribution in [0.3, 0.4) is 0 Å². The number of rotatable bonds is 4. The molecule has 0 aliphatic heterocycles. The molecule has 3 aliphatic carbocycles. The molecule has 3 aliphatic rings. The Hall–Kier alpha value is -2.04. The van der Waals surface area contributed by atoms with Crippen LogP contribution in [-0.2, 0) is 11.3 Å². The number of nitrogens with zero attached hydrogens (tertiary/aromatic N) is 2. The second kappa shape index (κ2) is 5.50. The molecule has 4 unspecified atom stereocenters. The Labute approximate surface area is 142 Å². The predicted molar refractivity (Wildman–Crippen MR) is 88.4 cm³/mol. The van der Waals surface area contributed by atoms with Crippen molar-refractivity contribution in [2.45, 2.75) is 46.3 Å². The number of hydrogen-bond acceptors (Lipinski definition) is 4. The highest BCUT2D eigenvalue weighted by atomic mass is 16.6. The zero-order valence-corrected chi connectivity index (χ0v) is 14.4. The molecule has 4 atom stereocenters. The number of carbonyl (C=O) groups excluding carboxylic acids is 1. The van der Waals surface area contributed by atoms with Gasteiger partial charge in [0.25, 0.3) is 0 Å². The van der Waals surface area contributed by atoms with Crippen molar-refractivity contribution in [3.8, 4) is 0 Å². The van der Waals surface area contributed by atoms with Gasteiger partial charge in [-0.2, -0.15) is 5.10 Å². The summed E-state index contributed by atoms with van der Waals surface area (Å²) in [4.78, 5) is 12.4. The number of aromatic nitrogens is 2. The minimum absolute atomic E-state index is 0.00828. The SMILES string of the molecule is CC1C(OC(=O)c2ccc(Cn3cccn3)o2)CC2CC1C2(C)C. The molecule has 2 bridgehead atoms. The summed E-state index contributed by atoms with van der Waals surface area (Å²) in [5.74, 6) is 2.36. The first kappa shape index (κ1) is 15.5. The van der Waals surface area contributed by atoms with E-state index in [2.05, 4.69) is 25.9 Å². The Morgan fingerprint density at radius 2 is 2.25 bits per heavy atom. The van der Waals surface area contributed by atoms with Gasteiger partial charge < -0.3 is 9.15 Å². The third-order valence-corrected chi connectivity index (χ3v) is 6.28. The molecule has 24 heavy (non-hydrogen) atoms. The average Bonchev–Trinajstić information content (AvgIpc) is 3.21. The Bertz CT molecular complexity index is 732. The first-order valence-electron chi connectivity index (χ1n) is 8.72. The minimum atomic E-state index is -0.349. The summed E-state index contributed by atoms with van der Waals surface area (Å²) < 4.78 is 13.2. The molecule has 3 fully saturated rings. The molecule has 2 aromatic rings. The minimum Gasteiger partial charge on any atom is -0.456 e. The standard InChI is InChI=1S/C19H24N2O3/c1-12-15-9-13(19(15,2)3)10-17(12)24-18(22)16-6-5-14(23-16)11-21-8-4-7-20-21/h4-8,12-13,15,17H,9-11H2,1-3H3. The van der Waals surface area contributed by atoms with Gasteiger partial charge in [0.1, 0.15) is 11.9 Å². The fourth-order valence-electron chi connectivity index (χ4n) is 4.58. The molecule has 0 N–H and O–H groups in total. The quantitative estimate of drug-likeness (QED) is 0.802. The molecule has 0 spiro atoms. The van der Waals surface area contributed by atoms with Crippen molar-refractivity contribution in [3.05, 3.63) is 42.1 Å². The van der Waals surface area contributed by atoms with E-state index < -0.39 is 0 Å². The van der Waals surface area contributed by atoms with Gasteiger partial charge in [0.15, 0.2) is 0 Å². The van der Waals surface area contributed by atoms with Crippen LogP contribution < -0.4 is 0 Å². The van der Waals surface area contributed by atoms with Gasteiger partial charge in [-0.1, -0.05) is 20.8 Å². The molecule has 0 radical (unpaired) electrons. The Balaban J connectivity index is 1.39. The highest BCUT2D eigenvalue weighted by molar-refractivity contribution is 5.86. The molecule has 5 rings (SSSR count). The smallest absolute Gasteiger partial charge is 0.374 e. The van der Waals surface area contributed by atoms with Gasteiger partial charge >= 0.3 is 5.97 Å². The van der Waals surface area contributed by atoms with E-state index >= 15 is 0 Å². The second-order valence-corrected chi connectivity index (χ2v) is 7.87. The third-order valence-electron chi connectivity index (χ3n) is 6.28. The Morgan fingerprint density at radius 3 is 2.92 bits per heavy atom. The van der Waals surface area contributed by atoms with Crippen LogP contribution in [0.4, 0.5) is 0 Å². The molecule has 2 aromatic heterocycles. The third kappa shape index (κ3) is 2.46. The fourth-order valence-corrected chi connectivity index (χ4v) is 4.58. The number of furan rings is 1. The number of carbonyl (C=O) groups is 1. The topological polar surface area (TPSA) is 57.3 Å². The van der Waals surface area contributed by atoms with E-state index in [4.69, 9.17) is 9.15 Å². The van der Waals surface area contributed by atoms with Gasteiger partial charge in [-0.05, 0) is 54.2 Å². The van der Waals surface area contributed by atoms with E-state index in [-0.39, 0.29) is 17.8 Å². The molecule has 0 saturated heterocycles. The maximum absolute atomic E-state index is 12.4. The molecular weight excluding hydrogens is 304 g/mol. The van der Waals surface area contributed by atoms with Crippen molar-refractivity contribution in [2.24, 2.45) is 23.2 Å². The first-order valence-corrected chi connectivity index (χ1v) is 8.72. The van der Waals surface area contributed by atoms with Crippen molar-refractivity contribution >= 4 is 5.97 Å². The highest BCUT2D eigenvalue weighted by Crippen LogP contribution is 2.61. The lowest BCUT2D eigenvalue weighted by Gasteiger charge is -2.61. The van der Waals surface area contributed by atoms with Crippen LogP contribution in [0.15, 0.2) is 35.0 Å². The van der Waals surface area contributed by atoms with Crippen molar-refractivity contribution in [1.29, 1.82) is 0 Å². The maximum Gasteiger partial charge on any atom is 0.374 e. The van der Waals surface area contributed by atoms with Gasteiger partial charge in [0.2, 0.25) is 5.76 Å². The maximum atomic E-state index is 12.4. The van der Waals surface area contributed by atoms with Gasteiger partial charge in [0, 0.05) is 12.4 Å². The van der Waals surface area contributed by atoms with Crippen molar-refractivity contribution in [1.82, 2.24) is 9.78 Å². The van der Waals surface area contributed by atoms with E-state index in [1.807, 2.05) is 18.3 Å². The molecule has 5 nitrogen and oxygen atoms in total. The lowest BCUT2D eigenvalue weighted by atomic mass is 9.45. The summed E-state index contributed by atoms with van der Waals surface area (Å²) in [5.41, 5.74) is 0.393. The van der Waals surface area contributed by atoms with E-state index in [1.165, 1.54) is 6.42 Å². The van der Waals surface area contributed by atoms with Crippen LogP contribution in [0.2, 0.25) is 0 Å². The highest BCUT2D eigenvalue weighted by Gasteiger charge is 2.57. The molecule has 128 valence electrons. The monoisotopic (exact) mass is 328 g/mol. The van der Waals surface area contributed by atoms with Crippen LogP contribution in [0.5, 0.6) is 0 Å². The van der Waals surface area contributed by atoms with Crippen molar-refractivity contribution < 1.29 is 13.9 Å². The van der Waals surface area contributed by atoms with Gasteiger partial charge in [-0.3, -0.25) is 4.68 Å². The van der Waals surface area contributed by atoms with Gasteiger partial charge in [-0.25, -0.2) is 4.79 Å². The van der Waals surface area contributed by atoms with Crippen LogP contribution in [0.25, 0.3) is 0 Å². The first-order chi connectivity index (χ1) is 11.4. The van der Waals surface area contributed by atoms with Crippen LogP contribution in [-0.4, -0.2) is 21.9 Å². The number of fused-ring (bicyclic) bond motifs is 2. The van der Waals surface area contributed by atoms with Gasteiger partial charge in [-0.15, -0.1) is 0 Å². The lowest BCUT2D eigenvalue weighted by Crippen LogP contribution is -2.57. The number of ether oxygens (including phenoxy) is 1. The zero-order chi connectivity index (χ0) is 16.9. The number of esters is 1. The molecular formula is C19H24N2O3. The molecule has 3 saturated carbocycles. The van der Waals surface area contributed by atoms with Gasteiger partial charge in [0.05, 0.1) is 6.54 Å². The normalized spacial score (nSPS) is 30.6. The summed E-state index contributed by atoms with van der Waals surface area (Å²) in [7, 11) is 0. The van der Waals surface area contributed by atoms with Crippen LogP contribution in [0.1, 0.15) is 49.9 Å². The number of hydrogen-bond donors (Lipinski definition) is 0. The van der Waals surface area contributed by atoms with E-state index in [9.17, 15) is 4.79 Å². The van der Waals surface area contributed by atoms with Crippen LogP contribution >= 0.6 is 0 Å². The molecule has 0 amide bonds. The molecule has 5 heteroatoms. The fraction of sp³-hybridized carbons (Fsp3) is 0.579. The summed E-state index contributed by atoms with van der Waals surface area (Å²) in [6.45, 7) is 7.41. The van der Waals surface area contributed by atoms with Crippen molar-refractivity contribution in [3.63, 3.8) is 0 Å². The van der Waals surface area contributed by atoms with E-state index in [1.54, 1.807) is 16.9 Å². The lowest BCUT2D eigenvalue weighted by molar-refractivity contribution is -0.157. The zero-order valence-electron chi connectivity index (χ0n) is 14.4. The van der Waals surface area contributed by atoms with E-state index in [0.717, 1.165) is 6.42 Å². The summed E-state index contributed by atoms with van der Waals surface area (Å²) in [6.07, 6.45) is 5.83. The molecule has 2 heterocycles. The summed E-state index contributed by atoms with van der Waals surface area (Å²) in [5, 5.41) is 4.14. The summed E-state index contributed by atoms with van der Waals surface area (Å²) >= 11 is 0. The Morgan fingerprint density at radius 1 is 1.42 bits per heavy atom. The predicted octanol–water partition coefficient (Wildman–Crippen LogP) is 3.75. The second-order valence-electron chi connectivity index (χ2n) is 7.87. The van der Waals surface area contributed by atoms with Crippen LogP contribution in [0, 0.1) is 23.2 Å². The Kier molecular flexibility index (Phi) is 3.55. The van der Waals surface area contributed by atoms with Crippen molar-refractivity contribution in [2.75, 3.05) is 0 Å². The summed E-state index contributed by atoms with van der Waals surface area (Å²) in [6, 6.07) is 5.36.